The minimum atomic E-state index is 0.872. The molecule has 0 amide bonds. The van der Waals surface area contributed by atoms with Crippen LogP contribution in [0.2, 0.25) is 0 Å². The molecule has 4 rings (SSSR count). The van der Waals surface area contributed by atoms with E-state index in [0.29, 0.717) is 0 Å². The van der Waals surface area contributed by atoms with Gasteiger partial charge in [-0.3, -0.25) is 0 Å². The second-order valence-corrected chi connectivity index (χ2v) is 8.82. The molecule has 0 aliphatic carbocycles. The van der Waals surface area contributed by atoms with Gasteiger partial charge < -0.3 is 15.1 Å². The summed E-state index contributed by atoms with van der Waals surface area (Å²) in [7, 11) is 0. The van der Waals surface area contributed by atoms with Gasteiger partial charge in [0.05, 0.1) is 11.4 Å². The van der Waals surface area contributed by atoms with Gasteiger partial charge in [0, 0.05) is 44.0 Å². The van der Waals surface area contributed by atoms with E-state index in [1.54, 1.807) is 0 Å². The highest BCUT2D eigenvalue weighted by Gasteiger charge is 2.18. The van der Waals surface area contributed by atoms with Crippen molar-refractivity contribution in [3.8, 4) is 0 Å². The summed E-state index contributed by atoms with van der Waals surface area (Å²) in [6.45, 7) is 11.3. The topological polar surface area (TPSA) is 18.5 Å². The summed E-state index contributed by atoms with van der Waals surface area (Å²) < 4.78 is 0. The van der Waals surface area contributed by atoms with Gasteiger partial charge in [-0.05, 0) is 74.3 Å². The quantitative estimate of drug-likeness (QED) is 0.577. The van der Waals surface area contributed by atoms with Crippen molar-refractivity contribution in [2.24, 2.45) is 0 Å². The largest absolute Gasteiger partial charge is 0.371 e. The van der Waals surface area contributed by atoms with Crippen LogP contribution in [0.25, 0.3) is 0 Å². The second-order valence-electron chi connectivity index (χ2n) is 8.82. The van der Waals surface area contributed by atoms with Crippen molar-refractivity contribution in [2.75, 3.05) is 41.3 Å². The van der Waals surface area contributed by atoms with Crippen molar-refractivity contribution in [3.63, 3.8) is 0 Å². The number of aryl methyl sites for hydroxylation is 1. The molecule has 160 valence electrons. The van der Waals surface area contributed by atoms with Crippen LogP contribution in [0.4, 0.5) is 17.1 Å². The summed E-state index contributed by atoms with van der Waals surface area (Å²) in [6, 6.07) is 15.8. The lowest BCUT2D eigenvalue weighted by molar-refractivity contribution is 0.575. The third-order valence-corrected chi connectivity index (χ3v) is 6.61. The first-order valence-corrected chi connectivity index (χ1v) is 11.9. The molecule has 30 heavy (non-hydrogen) atoms. The Morgan fingerprint density at radius 3 is 2.13 bits per heavy atom. The van der Waals surface area contributed by atoms with E-state index in [2.05, 4.69) is 71.1 Å². The Kier molecular flexibility index (Phi) is 6.99. The fourth-order valence-electron chi connectivity index (χ4n) is 4.92. The molecule has 0 radical (unpaired) electrons. The van der Waals surface area contributed by atoms with Crippen LogP contribution in [0, 0.1) is 0 Å². The second kappa shape index (κ2) is 10.1. The highest BCUT2D eigenvalue weighted by Crippen LogP contribution is 2.34. The number of anilines is 3. The van der Waals surface area contributed by atoms with Crippen molar-refractivity contribution in [3.05, 3.63) is 65.9 Å². The van der Waals surface area contributed by atoms with E-state index in [4.69, 9.17) is 0 Å². The van der Waals surface area contributed by atoms with Crippen LogP contribution in [0.5, 0.6) is 0 Å². The van der Waals surface area contributed by atoms with E-state index < -0.39 is 0 Å². The Morgan fingerprint density at radius 1 is 0.833 bits per heavy atom. The average Bonchev–Trinajstić information content (AvgIpc) is 2.80. The van der Waals surface area contributed by atoms with E-state index in [1.165, 1.54) is 79.8 Å². The molecular weight excluding hydrogens is 366 g/mol. The third-order valence-electron chi connectivity index (χ3n) is 6.61. The van der Waals surface area contributed by atoms with Crippen LogP contribution in [-0.4, -0.2) is 26.2 Å². The zero-order valence-electron chi connectivity index (χ0n) is 18.6. The van der Waals surface area contributed by atoms with Crippen molar-refractivity contribution in [2.45, 2.75) is 58.3 Å². The Hall–Kier alpha value is -2.42. The molecule has 1 N–H and O–H groups in total. The number of rotatable bonds is 7. The van der Waals surface area contributed by atoms with Crippen LogP contribution in [0.3, 0.4) is 0 Å². The summed E-state index contributed by atoms with van der Waals surface area (Å²) in [5.41, 5.74) is 7.77. The van der Waals surface area contributed by atoms with Gasteiger partial charge in [0.25, 0.3) is 0 Å². The SMILES string of the molecule is C=C(Cc1ccccc1CC)Nc1cc(N2CCCCC2)ccc1N1CCCCC1. The summed E-state index contributed by atoms with van der Waals surface area (Å²) in [6.07, 6.45) is 9.83. The van der Waals surface area contributed by atoms with Crippen molar-refractivity contribution in [1.82, 2.24) is 0 Å². The normalized spacial score (nSPS) is 17.1. The molecule has 3 nitrogen and oxygen atoms in total. The molecule has 0 saturated carbocycles. The fraction of sp³-hybridized carbons (Fsp3) is 0.481. The van der Waals surface area contributed by atoms with Gasteiger partial charge in [0.1, 0.15) is 0 Å². The lowest BCUT2D eigenvalue weighted by Crippen LogP contribution is -2.31. The highest BCUT2D eigenvalue weighted by molar-refractivity contribution is 5.77. The predicted molar refractivity (Wildman–Crippen MR) is 131 cm³/mol. The van der Waals surface area contributed by atoms with E-state index >= 15 is 0 Å². The molecular formula is C27H37N3. The Morgan fingerprint density at radius 2 is 1.47 bits per heavy atom. The molecule has 2 fully saturated rings. The Bertz CT molecular complexity index is 845. The first-order valence-electron chi connectivity index (χ1n) is 11.9. The molecule has 2 aliphatic rings. The van der Waals surface area contributed by atoms with Crippen molar-refractivity contribution in [1.29, 1.82) is 0 Å². The zero-order chi connectivity index (χ0) is 20.8. The minimum Gasteiger partial charge on any atom is -0.371 e. The van der Waals surface area contributed by atoms with E-state index in [1.807, 2.05) is 0 Å². The van der Waals surface area contributed by atoms with Gasteiger partial charge in [-0.15, -0.1) is 0 Å². The summed E-state index contributed by atoms with van der Waals surface area (Å²) in [5, 5.41) is 3.72. The van der Waals surface area contributed by atoms with Crippen molar-refractivity contribution < 1.29 is 0 Å². The molecule has 3 heteroatoms. The molecule has 0 unspecified atom stereocenters. The van der Waals surface area contributed by atoms with Crippen LogP contribution in [-0.2, 0) is 12.8 Å². The number of nitrogens with zero attached hydrogens (tertiary/aromatic N) is 2. The van der Waals surface area contributed by atoms with E-state index in [9.17, 15) is 0 Å². The van der Waals surface area contributed by atoms with Gasteiger partial charge in [-0.1, -0.05) is 37.8 Å². The van der Waals surface area contributed by atoms with E-state index in [-0.39, 0.29) is 0 Å². The van der Waals surface area contributed by atoms with Gasteiger partial charge in [-0.2, -0.15) is 0 Å². The number of benzene rings is 2. The average molecular weight is 404 g/mol. The lowest BCUT2D eigenvalue weighted by atomic mass is 10.0. The molecule has 2 aromatic rings. The Balaban J connectivity index is 1.57. The molecule has 2 aliphatic heterocycles. The van der Waals surface area contributed by atoms with Gasteiger partial charge in [-0.25, -0.2) is 0 Å². The maximum Gasteiger partial charge on any atom is 0.0640 e. The summed E-state index contributed by atoms with van der Waals surface area (Å²) in [5.74, 6) is 0. The molecule has 0 aromatic heterocycles. The predicted octanol–water partition coefficient (Wildman–Crippen LogP) is 6.40. The lowest BCUT2D eigenvalue weighted by Gasteiger charge is -2.33. The first kappa shape index (κ1) is 20.8. The van der Waals surface area contributed by atoms with E-state index in [0.717, 1.165) is 31.6 Å². The third kappa shape index (κ3) is 5.00. The molecule has 0 atom stereocenters. The maximum absolute atomic E-state index is 4.41. The maximum atomic E-state index is 4.41. The zero-order valence-corrected chi connectivity index (χ0v) is 18.6. The smallest absolute Gasteiger partial charge is 0.0640 e. The summed E-state index contributed by atoms with van der Waals surface area (Å²) in [4.78, 5) is 5.10. The summed E-state index contributed by atoms with van der Waals surface area (Å²) >= 11 is 0. The highest BCUT2D eigenvalue weighted by atomic mass is 15.2. The van der Waals surface area contributed by atoms with Gasteiger partial charge in [0.15, 0.2) is 0 Å². The standard InChI is InChI=1S/C27H37N3/c1-3-23-12-6-7-13-24(23)20-22(2)28-26-21-25(29-16-8-4-9-17-29)14-15-27(26)30-18-10-5-11-19-30/h6-7,12-15,21,28H,2-5,8-11,16-20H2,1H3. The molecule has 2 heterocycles. The van der Waals surface area contributed by atoms with Gasteiger partial charge in [0.2, 0.25) is 0 Å². The van der Waals surface area contributed by atoms with Crippen LogP contribution in [0.1, 0.15) is 56.6 Å². The number of allylic oxidation sites excluding steroid dienone is 1. The van der Waals surface area contributed by atoms with Crippen molar-refractivity contribution >= 4 is 17.1 Å². The molecule has 2 saturated heterocycles. The molecule has 0 spiro atoms. The monoisotopic (exact) mass is 403 g/mol. The van der Waals surface area contributed by atoms with Crippen LogP contribution < -0.4 is 15.1 Å². The number of nitrogens with one attached hydrogen (secondary N) is 1. The fourth-order valence-corrected chi connectivity index (χ4v) is 4.92. The number of hydrogen-bond acceptors (Lipinski definition) is 3. The molecule has 2 aromatic carbocycles. The number of hydrogen-bond donors (Lipinski definition) is 1. The number of piperidine rings is 2. The van der Waals surface area contributed by atoms with Gasteiger partial charge >= 0.3 is 0 Å². The minimum absolute atomic E-state index is 0.872. The molecule has 0 bridgehead atoms. The Labute approximate surface area is 182 Å². The van der Waals surface area contributed by atoms with Crippen LogP contribution in [0.15, 0.2) is 54.7 Å². The first-order chi connectivity index (χ1) is 14.7. The van der Waals surface area contributed by atoms with Crippen LogP contribution >= 0.6 is 0 Å².